The SMILES string of the molecule is COc1cccc(N2CCN(C(=O)c3ccc4c(=O)nc5c(-c6ccccc6)n[nH]n5c4c3)CC2)c1. The summed E-state index contributed by atoms with van der Waals surface area (Å²) < 4.78 is 7.00. The largest absolute Gasteiger partial charge is 0.497 e. The molecule has 3 aromatic carbocycles. The summed E-state index contributed by atoms with van der Waals surface area (Å²) in [5.41, 5.74) is 3.68. The lowest BCUT2D eigenvalue weighted by atomic mass is 10.1. The Balaban J connectivity index is 1.29. The number of nitrogens with one attached hydrogen (secondary N) is 1. The van der Waals surface area contributed by atoms with Crippen molar-refractivity contribution in [2.45, 2.75) is 0 Å². The molecule has 0 bridgehead atoms. The van der Waals surface area contributed by atoms with Crippen molar-refractivity contribution in [2.75, 3.05) is 38.2 Å². The Bertz CT molecular complexity index is 1630. The fourth-order valence-electron chi connectivity index (χ4n) is 4.71. The van der Waals surface area contributed by atoms with E-state index in [1.807, 2.05) is 53.4 Å². The summed E-state index contributed by atoms with van der Waals surface area (Å²) in [7, 11) is 1.66. The van der Waals surface area contributed by atoms with Gasteiger partial charge in [0.15, 0.2) is 5.65 Å². The highest BCUT2D eigenvalue weighted by atomic mass is 16.5. The topological polar surface area (TPSA) is 95.8 Å². The van der Waals surface area contributed by atoms with Crippen LogP contribution >= 0.6 is 0 Å². The average Bonchev–Trinajstić information content (AvgIpc) is 3.37. The van der Waals surface area contributed by atoms with E-state index in [4.69, 9.17) is 4.74 Å². The minimum Gasteiger partial charge on any atom is -0.497 e. The number of ether oxygens (including phenoxy) is 1. The lowest BCUT2D eigenvalue weighted by molar-refractivity contribution is 0.0747. The first-order chi connectivity index (χ1) is 17.6. The lowest BCUT2D eigenvalue weighted by Gasteiger charge is -2.36. The summed E-state index contributed by atoms with van der Waals surface area (Å²) in [6.45, 7) is 2.65. The van der Waals surface area contributed by atoms with E-state index in [1.165, 1.54) is 0 Å². The van der Waals surface area contributed by atoms with Crippen LogP contribution in [0.15, 0.2) is 77.6 Å². The molecule has 180 valence electrons. The van der Waals surface area contributed by atoms with Crippen LogP contribution in [0.2, 0.25) is 0 Å². The minimum absolute atomic E-state index is 0.0667. The summed E-state index contributed by atoms with van der Waals surface area (Å²) in [4.78, 5) is 34.5. The molecule has 2 aromatic heterocycles. The van der Waals surface area contributed by atoms with Crippen LogP contribution in [0.5, 0.6) is 5.75 Å². The molecule has 0 spiro atoms. The maximum Gasteiger partial charge on any atom is 0.281 e. The number of hydrogen-bond donors (Lipinski definition) is 1. The Morgan fingerprint density at radius 2 is 1.75 bits per heavy atom. The first-order valence-electron chi connectivity index (χ1n) is 11.8. The minimum atomic E-state index is -0.352. The van der Waals surface area contributed by atoms with E-state index < -0.39 is 0 Å². The first-order valence-corrected chi connectivity index (χ1v) is 11.8. The smallest absolute Gasteiger partial charge is 0.281 e. The van der Waals surface area contributed by atoms with Gasteiger partial charge in [-0.15, -0.1) is 0 Å². The third-order valence-electron chi connectivity index (χ3n) is 6.64. The second-order valence-corrected chi connectivity index (χ2v) is 8.72. The summed E-state index contributed by atoms with van der Waals surface area (Å²) in [6.07, 6.45) is 0. The molecule has 1 saturated heterocycles. The zero-order valence-electron chi connectivity index (χ0n) is 19.7. The Morgan fingerprint density at radius 3 is 2.53 bits per heavy atom. The molecule has 0 saturated carbocycles. The van der Waals surface area contributed by atoms with Crippen LogP contribution in [0, 0.1) is 0 Å². The number of hydrogen-bond acceptors (Lipinski definition) is 6. The number of fused-ring (bicyclic) bond motifs is 3. The van der Waals surface area contributed by atoms with Crippen LogP contribution < -0.4 is 15.2 Å². The molecule has 1 N–H and O–H groups in total. The van der Waals surface area contributed by atoms with Gasteiger partial charge in [0.1, 0.15) is 11.4 Å². The van der Waals surface area contributed by atoms with Gasteiger partial charge >= 0.3 is 0 Å². The monoisotopic (exact) mass is 480 g/mol. The van der Waals surface area contributed by atoms with Crippen molar-refractivity contribution in [3.63, 3.8) is 0 Å². The number of aromatic amines is 1. The number of rotatable bonds is 4. The Morgan fingerprint density at radius 1 is 0.944 bits per heavy atom. The third-order valence-corrected chi connectivity index (χ3v) is 6.64. The van der Waals surface area contributed by atoms with Gasteiger partial charge < -0.3 is 14.5 Å². The summed E-state index contributed by atoms with van der Waals surface area (Å²) in [5.74, 6) is 0.746. The molecule has 1 fully saturated rings. The molecule has 0 radical (unpaired) electrons. The summed E-state index contributed by atoms with van der Waals surface area (Å²) in [6, 6.07) is 22.6. The van der Waals surface area contributed by atoms with Gasteiger partial charge in [0.2, 0.25) is 0 Å². The normalized spacial score (nSPS) is 13.9. The standard InChI is InChI=1S/C27H24N6O3/c1-36-21-9-5-8-20(17-21)31-12-14-32(15-13-31)27(35)19-10-11-22-23(16-19)33-25(28-26(22)34)24(29-30-33)18-6-3-2-4-7-18/h2-11,16-17,30H,12-15H2,1H3. The summed E-state index contributed by atoms with van der Waals surface area (Å²) >= 11 is 0. The lowest BCUT2D eigenvalue weighted by Crippen LogP contribution is -2.48. The average molecular weight is 481 g/mol. The zero-order chi connectivity index (χ0) is 24.6. The second kappa shape index (κ2) is 8.84. The molecule has 9 nitrogen and oxygen atoms in total. The Hall–Kier alpha value is -4.66. The van der Waals surface area contributed by atoms with Gasteiger partial charge in [0, 0.05) is 49.1 Å². The molecule has 36 heavy (non-hydrogen) atoms. The van der Waals surface area contributed by atoms with Crippen molar-refractivity contribution in [3.8, 4) is 17.0 Å². The molecule has 9 heteroatoms. The number of H-pyrrole nitrogens is 1. The van der Waals surface area contributed by atoms with Crippen LogP contribution in [0.25, 0.3) is 27.8 Å². The van der Waals surface area contributed by atoms with Crippen molar-refractivity contribution < 1.29 is 9.53 Å². The molecule has 1 amide bonds. The summed E-state index contributed by atoms with van der Waals surface area (Å²) in [5, 5.41) is 7.78. The van der Waals surface area contributed by atoms with Crippen molar-refractivity contribution >= 4 is 28.1 Å². The number of piperazine rings is 1. The van der Waals surface area contributed by atoms with Crippen molar-refractivity contribution in [2.24, 2.45) is 0 Å². The van der Waals surface area contributed by atoms with Crippen LogP contribution in [0.3, 0.4) is 0 Å². The number of benzene rings is 3. The number of anilines is 1. The molecule has 0 atom stereocenters. The number of carbonyl (C=O) groups excluding carboxylic acids is 1. The van der Waals surface area contributed by atoms with Gasteiger partial charge in [-0.25, -0.2) is 9.73 Å². The second-order valence-electron chi connectivity index (χ2n) is 8.72. The fourth-order valence-corrected chi connectivity index (χ4v) is 4.71. The van der Waals surface area contributed by atoms with E-state index in [2.05, 4.69) is 26.3 Å². The van der Waals surface area contributed by atoms with Gasteiger partial charge in [-0.3, -0.25) is 9.59 Å². The Labute approximate surface area is 206 Å². The van der Waals surface area contributed by atoms with E-state index in [1.54, 1.807) is 29.8 Å². The van der Waals surface area contributed by atoms with E-state index in [9.17, 15) is 9.59 Å². The van der Waals surface area contributed by atoms with Crippen LogP contribution in [-0.4, -0.2) is 63.9 Å². The predicted molar refractivity (Wildman–Crippen MR) is 138 cm³/mol. The highest BCUT2D eigenvalue weighted by Crippen LogP contribution is 2.24. The van der Waals surface area contributed by atoms with Gasteiger partial charge in [-0.05, 0) is 30.3 Å². The van der Waals surface area contributed by atoms with Crippen LogP contribution in [-0.2, 0) is 0 Å². The van der Waals surface area contributed by atoms with E-state index >= 15 is 0 Å². The highest BCUT2D eigenvalue weighted by Gasteiger charge is 2.23. The maximum atomic E-state index is 13.4. The molecule has 5 aromatic rings. The van der Waals surface area contributed by atoms with Gasteiger partial charge in [-0.1, -0.05) is 36.4 Å². The van der Waals surface area contributed by atoms with Gasteiger partial charge in [0.25, 0.3) is 11.5 Å². The van der Waals surface area contributed by atoms with Crippen molar-refractivity contribution in [1.82, 2.24) is 24.7 Å². The molecular formula is C27H24N6O3. The molecule has 1 aliphatic rings. The first kappa shape index (κ1) is 21.8. The molecule has 3 heterocycles. The Kier molecular flexibility index (Phi) is 5.37. The maximum absolute atomic E-state index is 13.4. The van der Waals surface area contributed by atoms with Gasteiger partial charge in [-0.2, -0.15) is 10.1 Å². The van der Waals surface area contributed by atoms with E-state index in [-0.39, 0.29) is 11.5 Å². The molecular weight excluding hydrogens is 456 g/mol. The van der Waals surface area contributed by atoms with E-state index in [0.29, 0.717) is 40.9 Å². The van der Waals surface area contributed by atoms with Crippen LogP contribution in [0.4, 0.5) is 5.69 Å². The number of carbonyl (C=O) groups is 1. The predicted octanol–water partition coefficient (Wildman–Crippen LogP) is 3.21. The zero-order valence-corrected chi connectivity index (χ0v) is 19.7. The van der Waals surface area contributed by atoms with Gasteiger partial charge in [0.05, 0.1) is 18.0 Å². The molecule has 1 aliphatic heterocycles. The number of nitrogens with zero attached hydrogens (tertiary/aromatic N) is 5. The quantitative estimate of drug-likeness (QED) is 0.424. The fraction of sp³-hybridized carbons (Fsp3) is 0.185. The number of aromatic nitrogens is 4. The highest BCUT2D eigenvalue weighted by molar-refractivity contribution is 5.98. The van der Waals surface area contributed by atoms with Crippen molar-refractivity contribution in [3.05, 3.63) is 88.7 Å². The molecule has 0 unspecified atom stereocenters. The number of methoxy groups -OCH3 is 1. The van der Waals surface area contributed by atoms with E-state index in [0.717, 1.165) is 30.1 Å². The number of amides is 1. The molecule has 6 rings (SSSR count). The third kappa shape index (κ3) is 3.74. The van der Waals surface area contributed by atoms with Crippen LogP contribution in [0.1, 0.15) is 10.4 Å². The van der Waals surface area contributed by atoms with Crippen molar-refractivity contribution in [1.29, 1.82) is 0 Å². The molecule has 0 aliphatic carbocycles.